The van der Waals surface area contributed by atoms with Gasteiger partial charge in [-0.05, 0) is 24.3 Å². The SMILES string of the molecule is COc1cccc(N2C(=O)NC(=O)/C(=C/c3cn(C(C)=O)c4ccccc34)C2=O)c1. The third-order valence-corrected chi connectivity index (χ3v) is 4.80. The van der Waals surface area contributed by atoms with Crippen molar-refractivity contribution in [1.29, 1.82) is 0 Å². The van der Waals surface area contributed by atoms with Crippen molar-refractivity contribution >= 4 is 46.4 Å². The number of barbiturate groups is 1. The zero-order valence-electron chi connectivity index (χ0n) is 16.2. The first-order valence-electron chi connectivity index (χ1n) is 9.07. The van der Waals surface area contributed by atoms with Gasteiger partial charge >= 0.3 is 6.03 Å². The number of aromatic nitrogens is 1. The number of ether oxygens (including phenoxy) is 1. The van der Waals surface area contributed by atoms with Gasteiger partial charge in [0.1, 0.15) is 11.3 Å². The first kappa shape index (κ1) is 19.1. The molecular weight excluding hydrogens is 386 g/mol. The Balaban J connectivity index is 1.82. The van der Waals surface area contributed by atoms with Gasteiger partial charge in [0.25, 0.3) is 11.8 Å². The molecule has 1 fully saturated rings. The first-order valence-corrected chi connectivity index (χ1v) is 9.07. The molecule has 1 aliphatic rings. The smallest absolute Gasteiger partial charge is 0.335 e. The second-order valence-corrected chi connectivity index (χ2v) is 6.65. The van der Waals surface area contributed by atoms with E-state index in [1.807, 2.05) is 0 Å². The number of nitrogens with zero attached hydrogens (tertiary/aromatic N) is 2. The summed E-state index contributed by atoms with van der Waals surface area (Å²) in [4.78, 5) is 50.8. The number of nitrogens with one attached hydrogen (secondary N) is 1. The monoisotopic (exact) mass is 403 g/mol. The lowest BCUT2D eigenvalue weighted by atomic mass is 10.1. The number of hydrogen-bond acceptors (Lipinski definition) is 5. The highest BCUT2D eigenvalue weighted by Gasteiger charge is 2.37. The minimum atomic E-state index is -0.846. The van der Waals surface area contributed by atoms with E-state index in [1.165, 1.54) is 30.7 Å². The van der Waals surface area contributed by atoms with Crippen molar-refractivity contribution in [1.82, 2.24) is 9.88 Å². The van der Waals surface area contributed by atoms with Crippen molar-refractivity contribution in [2.75, 3.05) is 12.0 Å². The molecule has 8 heteroatoms. The fraction of sp³-hybridized carbons (Fsp3) is 0.0909. The molecule has 0 saturated carbocycles. The Morgan fingerprint density at radius 3 is 2.57 bits per heavy atom. The van der Waals surface area contributed by atoms with Crippen molar-refractivity contribution in [2.24, 2.45) is 0 Å². The van der Waals surface area contributed by atoms with Crippen molar-refractivity contribution in [3.8, 4) is 5.75 Å². The van der Waals surface area contributed by atoms with Crippen LogP contribution in [0.25, 0.3) is 17.0 Å². The van der Waals surface area contributed by atoms with E-state index < -0.39 is 17.8 Å². The lowest BCUT2D eigenvalue weighted by Gasteiger charge is -2.26. The van der Waals surface area contributed by atoms with Gasteiger partial charge in [0, 0.05) is 30.1 Å². The number of hydrogen-bond donors (Lipinski definition) is 1. The van der Waals surface area contributed by atoms with Gasteiger partial charge in [0.2, 0.25) is 5.91 Å². The van der Waals surface area contributed by atoms with E-state index in [1.54, 1.807) is 48.7 Å². The summed E-state index contributed by atoms with van der Waals surface area (Å²) < 4.78 is 6.59. The summed E-state index contributed by atoms with van der Waals surface area (Å²) in [6.45, 7) is 1.42. The second kappa shape index (κ2) is 7.32. The molecule has 4 amide bonds. The largest absolute Gasteiger partial charge is 0.497 e. The van der Waals surface area contributed by atoms with E-state index in [-0.39, 0.29) is 17.2 Å². The Morgan fingerprint density at radius 2 is 1.83 bits per heavy atom. The number of urea groups is 1. The van der Waals surface area contributed by atoms with Crippen molar-refractivity contribution in [3.05, 3.63) is 65.9 Å². The molecule has 150 valence electrons. The number of carbonyl (C=O) groups excluding carboxylic acids is 4. The zero-order valence-corrected chi connectivity index (χ0v) is 16.2. The molecule has 3 aromatic rings. The van der Waals surface area contributed by atoms with Crippen LogP contribution in [0.4, 0.5) is 10.5 Å². The number of methoxy groups -OCH3 is 1. The van der Waals surface area contributed by atoms with Crippen LogP contribution in [0.3, 0.4) is 0 Å². The van der Waals surface area contributed by atoms with Crippen LogP contribution in [0.2, 0.25) is 0 Å². The molecule has 4 rings (SSSR count). The van der Waals surface area contributed by atoms with Crippen LogP contribution >= 0.6 is 0 Å². The molecule has 2 heterocycles. The van der Waals surface area contributed by atoms with Crippen LogP contribution in [0, 0.1) is 0 Å². The Hall–Kier alpha value is -4.20. The van der Waals surface area contributed by atoms with Gasteiger partial charge in [-0.15, -0.1) is 0 Å². The lowest BCUT2D eigenvalue weighted by Crippen LogP contribution is -2.54. The van der Waals surface area contributed by atoms with Crippen molar-refractivity contribution < 1.29 is 23.9 Å². The van der Waals surface area contributed by atoms with E-state index in [4.69, 9.17) is 4.74 Å². The molecule has 0 atom stereocenters. The van der Waals surface area contributed by atoms with Crippen molar-refractivity contribution in [3.63, 3.8) is 0 Å². The molecule has 0 spiro atoms. The quantitative estimate of drug-likeness (QED) is 0.536. The summed E-state index contributed by atoms with van der Waals surface area (Å²) in [6.07, 6.45) is 2.95. The zero-order chi connectivity index (χ0) is 21.4. The summed E-state index contributed by atoms with van der Waals surface area (Å²) in [5, 5.41) is 2.89. The minimum absolute atomic E-state index is 0.205. The van der Waals surface area contributed by atoms with E-state index in [2.05, 4.69) is 5.32 Å². The maximum absolute atomic E-state index is 13.1. The number of fused-ring (bicyclic) bond motifs is 1. The Bertz CT molecular complexity index is 1250. The van der Waals surface area contributed by atoms with Gasteiger partial charge in [-0.2, -0.15) is 0 Å². The van der Waals surface area contributed by atoms with E-state index in [0.29, 0.717) is 22.2 Å². The normalized spacial score (nSPS) is 15.6. The van der Waals surface area contributed by atoms with Crippen LogP contribution in [0.1, 0.15) is 17.3 Å². The fourth-order valence-electron chi connectivity index (χ4n) is 3.38. The lowest BCUT2D eigenvalue weighted by molar-refractivity contribution is -0.122. The summed E-state index contributed by atoms with van der Waals surface area (Å²) >= 11 is 0. The van der Waals surface area contributed by atoms with Crippen LogP contribution in [0.15, 0.2) is 60.3 Å². The standard InChI is InChI=1S/C22H17N3O5/c1-13(26)24-12-14(17-8-3-4-9-19(17)24)10-18-20(27)23-22(29)25(21(18)28)15-6-5-7-16(11-15)30-2/h3-12H,1-2H3,(H,23,27,29)/b18-10-. The maximum atomic E-state index is 13.1. The molecule has 8 nitrogen and oxygen atoms in total. The number of anilines is 1. The Morgan fingerprint density at radius 1 is 1.07 bits per heavy atom. The number of carbonyl (C=O) groups is 4. The van der Waals surface area contributed by atoms with E-state index in [9.17, 15) is 19.2 Å². The molecule has 1 aromatic heterocycles. The molecule has 0 bridgehead atoms. The van der Waals surface area contributed by atoms with Crippen LogP contribution in [-0.4, -0.2) is 35.4 Å². The van der Waals surface area contributed by atoms with Gasteiger partial charge in [0.05, 0.1) is 18.3 Å². The molecule has 0 aliphatic carbocycles. The topological polar surface area (TPSA) is 97.7 Å². The molecule has 30 heavy (non-hydrogen) atoms. The van der Waals surface area contributed by atoms with E-state index in [0.717, 1.165) is 4.90 Å². The van der Waals surface area contributed by atoms with Gasteiger partial charge in [-0.25, -0.2) is 9.69 Å². The minimum Gasteiger partial charge on any atom is -0.497 e. The van der Waals surface area contributed by atoms with E-state index >= 15 is 0 Å². The summed E-state index contributed by atoms with van der Waals surface area (Å²) in [7, 11) is 1.47. The first-order chi connectivity index (χ1) is 14.4. The predicted molar refractivity (Wildman–Crippen MR) is 110 cm³/mol. The average molecular weight is 403 g/mol. The Labute approximate surface area is 171 Å². The van der Waals surface area contributed by atoms with Crippen LogP contribution < -0.4 is 15.0 Å². The average Bonchev–Trinajstić information content (AvgIpc) is 3.10. The van der Waals surface area contributed by atoms with Gasteiger partial charge in [-0.1, -0.05) is 24.3 Å². The number of para-hydroxylation sites is 1. The molecule has 2 aromatic carbocycles. The highest BCUT2D eigenvalue weighted by Crippen LogP contribution is 2.28. The molecule has 1 saturated heterocycles. The molecule has 1 aliphatic heterocycles. The highest BCUT2D eigenvalue weighted by atomic mass is 16.5. The molecule has 0 radical (unpaired) electrons. The fourth-order valence-corrected chi connectivity index (χ4v) is 3.38. The number of imide groups is 2. The van der Waals surface area contributed by atoms with Crippen molar-refractivity contribution in [2.45, 2.75) is 6.92 Å². The maximum Gasteiger partial charge on any atom is 0.335 e. The number of benzene rings is 2. The number of amides is 4. The summed E-state index contributed by atoms with van der Waals surface area (Å²) in [5.74, 6) is -1.32. The third kappa shape index (κ3) is 3.14. The summed E-state index contributed by atoms with van der Waals surface area (Å²) in [6, 6.07) is 12.7. The predicted octanol–water partition coefficient (Wildman–Crippen LogP) is 2.98. The Kier molecular flexibility index (Phi) is 4.67. The molecular formula is C22H17N3O5. The summed E-state index contributed by atoms with van der Waals surface area (Å²) in [5.41, 5.74) is 1.21. The van der Waals surface area contributed by atoms with Crippen LogP contribution in [0.5, 0.6) is 5.75 Å². The van der Waals surface area contributed by atoms with Crippen LogP contribution in [-0.2, 0) is 9.59 Å². The van der Waals surface area contributed by atoms with Gasteiger partial charge in [0.15, 0.2) is 0 Å². The van der Waals surface area contributed by atoms with Gasteiger partial charge < -0.3 is 4.74 Å². The molecule has 0 unspecified atom stereocenters. The second-order valence-electron chi connectivity index (χ2n) is 6.65. The third-order valence-electron chi connectivity index (χ3n) is 4.80. The van der Waals surface area contributed by atoms with Gasteiger partial charge in [-0.3, -0.25) is 24.3 Å². The highest BCUT2D eigenvalue weighted by molar-refractivity contribution is 6.39. The molecule has 1 N–H and O–H groups in total. The number of rotatable bonds is 3.